The molecule has 2 N–H and O–H groups in total. The third-order valence-electron chi connectivity index (χ3n) is 6.41. The van der Waals surface area contributed by atoms with Crippen LogP contribution in [0.15, 0.2) is 40.4 Å². The lowest BCUT2D eigenvalue weighted by molar-refractivity contribution is -0.142. The molecule has 192 valence electrons. The van der Waals surface area contributed by atoms with Crippen LogP contribution in [0.25, 0.3) is 10.4 Å². The monoisotopic (exact) mass is 512 g/mol. The summed E-state index contributed by atoms with van der Waals surface area (Å²) in [5.41, 5.74) is 4.31. The molecule has 1 fully saturated rings. The molecule has 1 saturated heterocycles. The third kappa shape index (κ3) is 5.44. The van der Waals surface area contributed by atoms with Gasteiger partial charge in [0.25, 0.3) is 5.88 Å². The van der Waals surface area contributed by atoms with Gasteiger partial charge in [0.1, 0.15) is 12.0 Å². The first-order chi connectivity index (χ1) is 17.1. The number of methoxy groups -OCH3 is 1. The molecule has 0 saturated carbocycles. The van der Waals surface area contributed by atoms with E-state index >= 15 is 0 Å². The van der Waals surface area contributed by atoms with Gasteiger partial charge in [-0.05, 0) is 28.6 Å². The number of hydrogen-bond acceptors (Lipinski definition) is 8. The first kappa shape index (κ1) is 25.8. The van der Waals surface area contributed by atoms with E-state index in [9.17, 15) is 14.7 Å². The van der Waals surface area contributed by atoms with E-state index in [0.29, 0.717) is 12.3 Å². The number of hydrogen-bond donors (Lipinski definition) is 2. The number of β-amino-alcohol motifs (C(OH)–C–C–N with tert-alkyl or cyclic N) is 1. The predicted octanol–water partition coefficient (Wildman–Crippen LogP) is 3.52. The summed E-state index contributed by atoms with van der Waals surface area (Å²) in [7, 11) is 1.47. The summed E-state index contributed by atoms with van der Waals surface area (Å²) in [4.78, 5) is 33.7. The van der Waals surface area contributed by atoms with Crippen molar-refractivity contribution in [3.63, 3.8) is 0 Å². The van der Waals surface area contributed by atoms with Gasteiger partial charge in [0, 0.05) is 25.6 Å². The molecule has 1 aliphatic rings. The van der Waals surface area contributed by atoms with Crippen molar-refractivity contribution in [2.45, 2.75) is 58.7 Å². The second kappa shape index (κ2) is 10.4. The predicted molar refractivity (Wildman–Crippen MR) is 136 cm³/mol. The van der Waals surface area contributed by atoms with Gasteiger partial charge in [-0.1, -0.05) is 45.0 Å². The number of thiazole rings is 1. The molecule has 3 heterocycles. The number of nitrogens with zero attached hydrogens (tertiary/aromatic N) is 3. The highest BCUT2D eigenvalue weighted by Gasteiger charge is 2.46. The van der Waals surface area contributed by atoms with Crippen LogP contribution >= 0.6 is 11.3 Å². The Bertz CT molecular complexity index is 1210. The molecule has 2 unspecified atom stereocenters. The van der Waals surface area contributed by atoms with E-state index in [4.69, 9.17) is 9.26 Å². The number of amides is 2. The van der Waals surface area contributed by atoms with Crippen LogP contribution in [0, 0.1) is 12.3 Å². The number of ether oxygens (including phenoxy) is 1. The van der Waals surface area contributed by atoms with Crippen LogP contribution in [0.2, 0.25) is 0 Å². The molecular formula is C26H32N4O5S. The number of aryl methyl sites for hydroxylation is 1. The summed E-state index contributed by atoms with van der Waals surface area (Å²) in [6.07, 6.45) is -0.603. The number of carbonyl (C=O) groups excluding carboxylic acids is 2. The van der Waals surface area contributed by atoms with Crippen LogP contribution in [0.5, 0.6) is 5.88 Å². The Kier molecular flexibility index (Phi) is 7.46. The number of aliphatic hydroxyl groups excluding tert-OH is 1. The molecule has 9 nitrogen and oxygen atoms in total. The highest BCUT2D eigenvalue weighted by molar-refractivity contribution is 7.13. The van der Waals surface area contributed by atoms with Crippen LogP contribution in [-0.2, 0) is 16.1 Å². The smallest absolute Gasteiger partial charge is 0.254 e. The van der Waals surface area contributed by atoms with Gasteiger partial charge in [0.2, 0.25) is 11.8 Å². The minimum atomic E-state index is -0.781. The Morgan fingerprint density at radius 1 is 1.31 bits per heavy atom. The van der Waals surface area contributed by atoms with Gasteiger partial charge in [0.05, 0.1) is 29.3 Å². The largest absolute Gasteiger partial charge is 0.479 e. The minimum Gasteiger partial charge on any atom is -0.479 e. The van der Waals surface area contributed by atoms with Gasteiger partial charge < -0.3 is 24.6 Å². The third-order valence-corrected chi connectivity index (χ3v) is 7.38. The van der Waals surface area contributed by atoms with Crippen molar-refractivity contribution in [3.8, 4) is 16.3 Å². The lowest BCUT2D eigenvalue weighted by atomic mass is 9.78. The first-order valence-corrected chi connectivity index (χ1v) is 12.7. The van der Waals surface area contributed by atoms with E-state index in [2.05, 4.69) is 15.5 Å². The van der Waals surface area contributed by atoms with E-state index in [1.165, 1.54) is 12.0 Å². The normalized spacial score (nSPS) is 18.8. The quantitative estimate of drug-likeness (QED) is 0.497. The zero-order chi connectivity index (χ0) is 26.0. The van der Waals surface area contributed by atoms with Crippen LogP contribution in [-0.4, -0.2) is 57.8 Å². The van der Waals surface area contributed by atoms with Gasteiger partial charge >= 0.3 is 0 Å². The fraction of sp³-hybridized carbons (Fsp3) is 0.462. The molecule has 36 heavy (non-hydrogen) atoms. The molecule has 0 bridgehead atoms. The molecule has 3 aromatic rings. The molecule has 2 aromatic heterocycles. The number of likely N-dealkylation sites (tertiary alicyclic amines) is 1. The van der Waals surface area contributed by atoms with Crippen molar-refractivity contribution in [1.82, 2.24) is 20.4 Å². The molecule has 1 aliphatic heterocycles. The van der Waals surface area contributed by atoms with E-state index in [1.807, 2.05) is 57.5 Å². The Balaban J connectivity index is 1.46. The molecule has 0 spiro atoms. The Morgan fingerprint density at radius 2 is 2.03 bits per heavy atom. The lowest BCUT2D eigenvalue weighted by Crippen LogP contribution is -2.49. The Labute approximate surface area is 214 Å². The summed E-state index contributed by atoms with van der Waals surface area (Å²) in [6.45, 7) is 8.14. The highest BCUT2D eigenvalue weighted by atomic mass is 32.1. The molecule has 0 radical (unpaired) electrons. The maximum Gasteiger partial charge on any atom is 0.254 e. The van der Waals surface area contributed by atoms with E-state index in [0.717, 1.165) is 21.7 Å². The highest BCUT2D eigenvalue weighted by Crippen LogP contribution is 2.39. The number of aliphatic hydroxyl groups is 1. The second-order valence-electron chi connectivity index (χ2n) is 10.1. The molecule has 2 amide bonds. The Morgan fingerprint density at radius 3 is 2.61 bits per heavy atom. The summed E-state index contributed by atoms with van der Waals surface area (Å²) in [5.74, 6) is -0.648. The molecule has 4 rings (SSSR count). The van der Waals surface area contributed by atoms with Crippen molar-refractivity contribution >= 4 is 23.2 Å². The summed E-state index contributed by atoms with van der Waals surface area (Å²) in [6, 6.07) is 8.77. The molecule has 1 aromatic carbocycles. The average molecular weight is 513 g/mol. The molecular weight excluding hydrogens is 480 g/mol. The van der Waals surface area contributed by atoms with Crippen LogP contribution in [0.4, 0.5) is 0 Å². The summed E-state index contributed by atoms with van der Waals surface area (Å²) >= 11 is 1.59. The molecule has 3 atom stereocenters. The number of aromatic nitrogens is 2. The zero-order valence-corrected chi connectivity index (χ0v) is 22.0. The van der Waals surface area contributed by atoms with E-state index in [1.54, 1.807) is 17.4 Å². The molecule has 10 heteroatoms. The van der Waals surface area contributed by atoms with Gasteiger partial charge in [-0.25, -0.2) is 4.98 Å². The van der Waals surface area contributed by atoms with Gasteiger partial charge in [-0.3, -0.25) is 9.59 Å². The van der Waals surface area contributed by atoms with Crippen LogP contribution in [0.3, 0.4) is 0 Å². The molecule has 0 aliphatic carbocycles. The summed E-state index contributed by atoms with van der Waals surface area (Å²) in [5, 5.41) is 17.1. The van der Waals surface area contributed by atoms with Gasteiger partial charge in [0.15, 0.2) is 5.76 Å². The minimum absolute atomic E-state index is 0.0810. The first-order valence-electron chi connectivity index (χ1n) is 11.8. The van der Waals surface area contributed by atoms with Crippen LogP contribution in [0.1, 0.15) is 50.1 Å². The Hall–Kier alpha value is -3.24. The standard InChI is InChI=1S/C26H32N4O5S/c1-15-23(36-14-28-15)17-8-6-16(7-9-17)12-27-24(32)19-10-18(31)13-30(19)25(33)22(26(2,3)4)20-11-21(34-5)29-35-20/h6-9,11,14,18-19,22,31H,10,12-13H2,1-5H3,(H,27,32)/t18-,19?,22?/m1/s1. The number of rotatable bonds is 7. The lowest BCUT2D eigenvalue weighted by Gasteiger charge is -2.33. The van der Waals surface area contributed by atoms with E-state index < -0.39 is 23.5 Å². The van der Waals surface area contributed by atoms with Crippen molar-refractivity contribution < 1.29 is 24.0 Å². The summed E-state index contributed by atoms with van der Waals surface area (Å²) < 4.78 is 10.5. The zero-order valence-electron chi connectivity index (χ0n) is 21.1. The number of nitrogens with one attached hydrogen (secondary N) is 1. The maximum absolute atomic E-state index is 13.7. The SMILES string of the molecule is COc1cc(C(C(=O)N2C[C@H](O)CC2C(=O)NCc2ccc(-c3scnc3C)cc2)C(C)(C)C)on1. The van der Waals surface area contributed by atoms with Crippen LogP contribution < -0.4 is 10.1 Å². The van der Waals surface area contributed by atoms with Crippen molar-refractivity contribution in [3.05, 3.63) is 52.9 Å². The average Bonchev–Trinajstić information content (AvgIpc) is 3.57. The fourth-order valence-corrected chi connectivity index (χ4v) is 5.37. The fourth-order valence-electron chi connectivity index (χ4n) is 4.55. The maximum atomic E-state index is 13.7. The number of benzene rings is 1. The van der Waals surface area contributed by atoms with Crippen molar-refractivity contribution in [2.75, 3.05) is 13.7 Å². The van der Waals surface area contributed by atoms with Crippen molar-refractivity contribution in [1.29, 1.82) is 0 Å². The van der Waals surface area contributed by atoms with Gasteiger partial charge in [-0.2, -0.15) is 0 Å². The van der Waals surface area contributed by atoms with E-state index in [-0.39, 0.29) is 30.7 Å². The number of carbonyl (C=O) groups is 2. The second-order valence-corrected chi connectivity index (χ2v) is 11.0. The van der Waals surface area contributed by atoms with Gasteiger partial charge in [-0.15, -0.1) is 11.3 Å². The van der Waals surface area contributed by atoms with Crippen molar-refractivity contribution in [2.24, 2.45) is 5.41 Å². The topological polar surface area (TPSA) is 118 Å².